The number of nitrogens with one attached hydrogen (secondary N) is 3. The number of benzene rings is 1. The summed E-state index contributed by atoms with van der Waals surface area (Å²) in [5.74, 6) is 0.0623. The van der Waals surface area contributed by atoms with Crippen molar-refractivity contribution in [3.05, 3.63) is 76.3 Å². The summed E-state index contributed by atoms with van der Waals surface area (Å²) in [5, 5.41) is 12.1. The Bertz CT molecular complexity index is 904. The van der Waals surface area contributed by atoms with Crippen molar-refractivity contribution >= 4 is 23.1 Å². The molecule has 0 atom stereocenters. The highest BCUT2D eigenvalue weighted by Gasteiger charge is 2.12. The minimum Gasteiger partial charge on any atom is -0.340 e. The van der Waals surface area contributed by atoms with E-state index in [9.17, 15) is 9.59 Å². The Labute approximate surface area is 137 Å². The molecule has 1 amide bonds. The SMILES string of the molecule is Cc1cc(=O)c(C(=O)Nc2ccc(Nc3ccccc3)nc2)n[nH]1. The van der Waals surface area contributed by atoms with E-state index in [1.807, 2.05) is 30.3 Å². The molecule has 3 aromatic rings. The fraction of sp³-hybridized carbons (Fsp3) is 0.0588. The summed E-state index contributed by atoms with van der Waals surface area (Å²) in [6.07, 6.45) is 1.51. The number of rotatable bonds is 4. The largest absolute Gasteiger partial charge is 0.340 e. The quantitative estimate of drug-likeness (QED) is 0.685. The zero-order valence-corrected chi connectivity index (χ0v) is 12.9. The molecular weight excluding hydrogens is 306 g/mol. The van der Waals surface area contributed by atoms with Gasteiger partial charge in [-0.1, -0.05) is 18.2 Å². The molecule has 0 aliphatic rings. The van der Waals surface area contributed by atoms with E-state index in [2.05, 4.69) is 25.8 Å². The summed E-state index contributed by atoms with van der Waals surface area (Å²) in [6.45, 7) is 1.69. The van der Waals surface area contributed by atoms with Crippen LogP contribution in [0.15, 0.2) is 59.5 Å². The third-order valence-corrected chi connectivity index (χ3v) is 3.21. The van der Waals surface area contributed by atoms with Gasteiger partial charge in [0.05, 0.1) is 11.9 Å². The molecular formula is C17H15N5O2. The van der Waals surface area contributed by atoms with Crippen LogP contribution in [0.25, 0.3) is 0 Å². The molecule has 0 saturated heterocycles. The van der Waals surface area contributed by atoms with Crippen LogP contribution in [0.4, 0.5) is 17.2 Å². The monoisotopic (exact) mass is 321 g/mol. The molecule has 0 radical (unpaired) electrons. The molecule has 3 N–H and O–H groups in total. The Kier molecular flexibility index (Phi) is 4.33. The number of carbonyl (C=O) groups excluding carboxylic acids is 1. The van der Waals surface area contributed by atoms with E-state index in [1.165, 1.54) is 12.3 Å². The van der Waals surface area contributed by atoms with Crippen molar-refractivity contribution in [3.63, 3.8) is 0 Å². The molecule has 7 nitrogen and oxygen atoms in total. The topological polar surface area (TPSA) is 99.8 Å². The first-order valence-corrected chi connectivity index (χ1v) is 7.27. The Balaban J connectivity index is 1.70. The van der Waals surface area contributed by atoms with Crippen LogP contribution in [0.3, 0.4) is 0 Å². The maximum atomic E-state index is 12.1. The van der Waals surface area contributed by atoms with Gasteiger partial charge in [0.1, 0.15) is 5.82 Å². The summed E-state index contributed by atoms with van der Waals surface area (Å²) in [5.41, 5.74) is 1.36. The number of hydrogen-bond acceptors (Lipinski definition) is 5. The van der Waals surface area contributed by atoms with Crippen LogP contribution < -0.4 is 16.1 Å². The number of aromatic amines is 1. The lowest BCUT2D eigenvalue weighted by Gasteiger charge is -2.07. The van der Waals surface area contributed by atoms with Crippen LogP contribution >= 0.6 is 0 Å². The molecule has 1 aromatic carbocycles. The van der Waals surface area contributed by atoms with Crippen LogP contribution in [0, 0.1) is 6.92 Å². The Morgan fingerprint density at radius 3 is 2.54 bits per heavy atom. The summed E-state index contributed by atoms with van der Waals surface area (Å²) < 4.78 is 0. The Hall–Kier alpha value is -3.48. The van der Waals surface area contributed by atoms with E-state index in [1.54, 1.807) is 19.1 Å². The second kappa shape index (κ2) is 6.74. The van der Waals surface area contributed by atoms with Crippen molar-refractivity contribution in [1.82, 2.24) is 15.2 Å². The standard InChI is InChI=1S/C17H15N5O2/c1-11-9-14(23)16(22-21-11)17(24)20-13-7-8-15(18-10-13)19-12-5-3-2-4-6-12/h2-10H,1H3,(H,18,19)(H,20,24)(H,21,23). The third kappa shape index (κ3) is 3.64. The highest BCUT2D eigenvalue weighted by Crippen LogP contribution is 2.15. The van der Waals surface area contributed by atoms with Crippen LogP contribution in [-0.4, -0.2) is 21.1 Å². The summed E-state index contributed by atoms with van der Waals surface area (Å²) in [7, 11) is 0. The molecule has 2 aromatic heterocycles. The van der Waals surface area contributed by atoms with E-state index in [4.69, 9.17) is 0 Å². The lowest BCUT2D eigenvalue weighted by atomic mass is 10.3. The lowest BCUT2D eigenvalue weighted by Crippen LogP contribution is -2.24. The number of aryl methyl sites for hydroxylation is 1. The maximum Gasteiger partial charge on any atom is 0.280 e. The number of pyridine rings is 1. The van der Waals surface area contributed by atoms with Crippen molar-refractivity contribution in [2.75, 3.05) is 10.6 Å². The Morgan fingerprint density at radius 1 is 1.08 bits per heavy atom. The van der Waals surface area contributed by atoms with Gasteiger partial charge in [0.25, 0.3) is 5.91 Å². The molecule has 120 valence electrons. The molecule has 0 fully saturated rings. The van der Waals surface area contributed by atoms with Crippen molar-refractivity contribution in [3.8, 4) is 0 Å². The molecule has 0 aliphatic heterocycles. The highest BCUT2D eigenvalue weighted by atomic mass is 16.2. The van der Waals surface area contributed by atoms with Gasteiger partial charge < -0.3 is 10.6 Å². The summed E-state index contributed by atoms with van der Waals surface area (Å²) in [4.78, 5) is 28.1. The Morgan fingerprint density at radius 2 is 1.88 bits per heavy atom. The molecule has 0 spiro atoms. The molecule has 0 aliphatic carbocycles. The number of anilines is 3. The minimum absolute atomic E-state index is 0.188. The van der Waals surface area contributed by atoms with E-state index < -0.39 is 11.3 Å². The van der Waals surface area contributed by atoms with Gasteiger partial charge in [-0.2, -0.15) is 5.10 Å². The van der Waals surface area contributed by atoms with Gasteiger partial charge in [0.2, 0.25) is 5.43 Å². The molecule has 24 heavy (non-hydrogen) atoms. The first-order valence-electron chi connectivity index (χ1n) is 7.27. The molecule has 7 heteroatoms. The van der Waals surface area contributed by atoms with Crippen molar-refractivity contribution < 1.29 is 4.79 Å². The molecule has 2 heterocycles. The molecule has 0 saturated carbocycles. The molecule has 3 rings (SSSR count). The van der Waals surface area contributed by atoms with E-state index in [0.29, 0.717) is 17.2 Å². The van der Waals surface area contributed by atoms with Gasteiger partial charge in [-0.15, -0.1) is 0 Å². The number of para-hydroxylation sites is 1. The van der Waals surface area contributed by atoms with E-state index in [0.717, 1.165) is 5.69 Å². The fourth-order valence-electron chi connectivity index (χ4n) is 2.06. The maximum absolute atomic E-state index is 12.1. The molecule has 0 unspecified atom stereocenters. The van der Waals surface area contributed by atoms with Crippen LogP contribution in [0.2, 0.25) is 0 Å². The average molecular weight is 321 g/mol. The molecule has 0 bridgehead atoms. The van der Waals surface area contributed by atoms with Gasteiger partial charge in [-0.05, 0) is 31.2 Å². The highest BCUT2D eigenvalue weighted by molar-refractivity contribution is 6.02. The van der Waals surface area contributed by atoms with Crippen LogP contribution in [0.1, 0.15) is 16.2 Å². The average Bonchev–Trinajstić information content (AvgIpc) is 2.57. The van der Waals surface area contributed by atoms with Gasteiger partial charge in [-0.3, -0.25) is 14.7 Å². The fourth-order valence-corrected chi connectivity index (χ4v) is 2.06. The first-order chi connectivity index (χ1) is 11.6. The van der Waals surface area contributed by atoms with E-state index in [-0.39, 0.29) is 5.69 Å². The lowest BCUT2D eigenvalue weighted by molar-refractivity contribution is 0.102. The summed E-state index contributed by atoms with van der Waals surface area (Å²) >= 11 is 0. The van der Waals surface area contributed by atoms with Gasteiger partial charge in [0, 0.05) is 17.4 Å². The zero-order valence-electron chi connectivity index (χ0n) is 12.9. The number of hydrogen-bond donors (Lipinski definition) is 3. The van der Waals surface area contributed by atoms with Gasteiger partial charge >= 0.3 is 0 Å². The van der Waals surface area contributed by atoms with Gasteiger partial charge in [-0.25, -0.2) is 4.98 Å². The van der Waals surface area contributed by atoms with Crippen LogP contribution in [-0.2, 0) is 0 Å². The number of aromatic nitrogens is 3. The number of amides is 1. The predicted molar refractivity (Wildman–Crippen MR) is 91.5 cm³/mol. The second-order valence-electron chi connectivity index (χ2n) is 5.14. The summed E-state index contributed by atoms with van der Waals surface area (Å²) in [6, 6.07) is 14.4. The van der Waals surface area contributed by atoms with Gasteiger partial charge in [0.15, 0.2) is 5.69 Å². The normalized spacial score (nSPS) is 10.2. The van der Waals surface area contributed by atoms with Crippen molar-refractivity contribution in [2.45, 2.75) is 6.92 Å². The van der Waals surface area contributed by atoms with E-state index >= 15 is 0 Å². The number of H-pyrrole nitrogens is 1. The zero-order chi connectivity index (χ0) is 16.9. The number of carbonyl (C=O) groups is 1. The third-order valence-electron chi connectivity index (χ3n) is 3.21. The smallest absolute Gasteiger partial charge is 0.280 e. The van der Waals surface area contributed by atoms with Crippen molar-refractivity contribution in [1.29, 1.82) is 0 Å². The first kappa shape index (κ1) is 15.4. The van der Waals surface area contributed by atoms with Crippen molar-refractivity contribution in [2.24, 2.45) is 0 Å². The second-order valence-corrected chi connectivity index (χ2v) is 5.14. The predicted octanol–water partition coefficient (Wildman–Crippen LogP) is 2.47. The minimum atomic E-state index is -0.582. The number of nitrogens with zero attached hydrogens (tertiary/aromatic N) is 2. The van der Waals surface area contributed by atoms with Crippen LogP contribution in [0.5, 0.6) is 0 Å².